The lowest BCUT2D eigenvalue weighted by molar-refractivity contribution is 0.268. The van der Waals surface area contributed by atoms with Gasteiger partial charge in [0.05, 0.1) is 5.52 Å². The van der Waals surface area contributed by atoms with Crippen LogP contribution in [0.4, 0.5) is 0 Å². The summed E-state index contributed by atoms with van der Waals surface area (Å²) >= 11 is 0. The number of phenolic OH excluding ortho intramolecular Hbond substituents is 1. The minimum absolute atomic E-state index is 0.351. The maximum atomic E-state index is 9.78. The molecular formula is C18H26N2O. The first-order chi connectivity index (χ1) is 10.1. The van der Waals surface area contributed by atoms with E-state index in [1.165, 1.54) is 49.9 Å². The number of hydrogen-bond donors (Lipinski definition) is 1. The first-order valence-corrected chi connectivity index (χ1v) is 8.20. The number of likely N-dealkylation sites (tertiary alicyclic amines) is 1. The summed E-state index contributed by atoms with van der Waals surface area (Å²) in [4.78, 5) is 2.58. The number of rotatable bonds is 3. The van der Waals surface area contributed by atoms with Crippen LogP contribution in [0.15, 0.2) is 24.3 Å². The van der Waals surface area contributed by atoms with E-state index in [0.717, 1.165) is 12.1 Å². The molecule has 2 heterocycles. The van der Waals surface area contributed by atoms with Crippen LogP contribution >= 0.6 is 0 Å². The molecule has 1 N–H and O–H groups in total. The Morgan fingerprint density at radius 1 is 1.05 bits per heavy atom. The maximum absolute atomic E-state index is 9.78. The standard InChI is InChI=1S/C18H26N2O/c1-14(2)20-16(13-19-9-5-3-4-6-10-19)11-15-7-8-17(21)12-18(15)20/h7-8,11-12,14,21H,3-6,9-10,13H2,1-2H3. The van der Waals surface area contributed by atoms with Gasteiger partial charge >= 0.3 is 0 Å². The van der Waals surface area contributed by atoms with E-state index in [-0.39, 0.29) is 0 Å². The molecule has 0 spiro atoms. The second-order valence-corrected chi connectivity index (χ2v) is 6.53. The lowest BCUT2D eigenvalue weighted by Crippen LogP contribution is -2.25. The smallest absolute Gasteiger partial charge is 0.117 e. The molecule has 0 aliphatic carbocycles. The van der Waals surface area contributed by atoms with Gasteiger partial charge in [-0.3, -0.25) is 4.90 Å². The average Bonchev–Trinajstić information content (AvgIpc) is 2.60. The average molecular weight is 286 g/mol. The van der Waals surface area contributed by atoms with Crippen molar-refractivity contribution >= 4 is 10.9 Å². The Balaban J connectivity index is 1.95. The van der Waals surface area contributed by atoms with Crippen LogP contribution in [-0.4, -0.2) is 27.7 Å². The van der Waals surface area contributed by atoms with E-state index in [4.69, 9.17) is 0 Å². The Hall–Kier alpha value is -1.48. The zero-order valence-electron chi connectivity index (χ0n) is 13.2. The summed E-state index contributed by atoms with van der Waals surface area (Å²) in [6.07, 6.45) is 5.39. The summed E-state index contributed by atoms with van der Waals surface area (Å²) in [5.41, 5.74) is 2.52. The van der Waals surface area contributed by atoms with Crippen molar-refractivity contribution in [3.8, 4) is 5.75 Å². The van der Waals surface area contributed by atoms with Crippen LogP contribution in [0.3, 0.4) is 0 Å². The first kappa shape index (κ1) is 14.5. The number of fused-ring (bicyclic) bond motifs is 1. The van der Waals surface area contributed by atoms with Gasteiger partial charge in [0.25, 0.3) is 0 Å². The number of phenols is 1. The van der Waals surface area contributed by atoms with Crippen molar-refractivity contribution in [2.75, 3.05) is 13.1 Å². The van der Waals surface area contributed by atoms with Crippen molar-refractivity contribution in [1.82, 2.24) is 9.47 Å². The largest absolute Gasteiger partial charge is 0.508 e. The predicted octanol–water partition coefficient (Wildman–Crippen LogP) is 4.30. The summed E-state index contributed by atoms with van der Waals surface area (Å²) in [6, 6.07) is 8.39. The summed E-state index contributed by atoms with van der Waals surface area (Å²) in [6.45, 7) is 7.88. The Morgan fingerprint density at radius 3 is 2.43 bits per heavy atom. The third-order valence-corrected chi connectivity index (χ3v) is 4.51. The number of aromatic nitrogens is 1. The zero-order valence-corrected chi connectivity index (χ0v) is 13.2. The van der Waals surface area contributed by atoms with Crippen LogP contribution < -0.4 is 0 Å². The molecule has 114 valence electrons. The van der Waals surface area contributed by atoms with Crippen LogP contribution in [-0.2, 0) is 6.54 Å². The van der Waals surface area contributed by atoms with Crippen molar-refractivity contribution in [1.29, 1.82) is 0 Å². The van der Waals surface area contributed by atoms with E-state index >= 15 is 0 Å². The van der Waals surface area contributed by atoms with E-state index in [1.807, 2.05) is 12.1 Å². The van der Waals surface area contributed by atoms with Crippen molar-refractivity contribution in [3.63, 3.8) is 0 Å². The summed E-state index contributed by atoms with van der Waals surface area (Å²) in [5.74, 6) is 0.351. The van der Waals surface area contributed by atoms with Crippen LogP contribution in [0.5, 0.6) is 5.75 Å². The van der Waals surface area contributed by atoms with Gasteiger partial charge in [0, 0.05) is 29.7 Å². The fourth-order valence-corrected chi connectivity index (χ4v) is 3.52. The van der Waals surface area contributed by atoms with E-state index in [0.29, 0.717) is 11.8 Å². The van der Waals surface area contributed by atoms with Gasteiger partial charge in [-0.25, -0.2) is 0 Å². The predicted molar refractivity (Wildman–Crippen MR) is 87.7 cm³/mol. The molecule has 0 saturated carbocycles. The highest BCUT2D eigenvalue weighted by atomic mass is 16.3. The van der Waals surface area contributed by atoms with Gasteiger partial charge in [-0.2, -0.15) is 0 Å². The van der Waals surface area contributed by atoms with E-state index in [9.17, 15) is 5.11 Å². The molecule has 0 bridgehead atoms. The Morgan fingerprint density at radius 2 is 1.76 bits per heavy atom. The monoisotopic (exact) mass is 286 g/mol. The van der Waals surface area contributed by atoms with Crippen molar-refractivity contribution in [2.24, 2.45) is 0 Å². The first-order valence-electron chi connectivity index (χ1n) is 8.20. The van der Waals surface area contributed by atoms with Gasteiger partial charge in [-0.15, -0.1) is 0 Å². The number of benzene rings is 1. The van der Waals surface area contributed by atoms with Gasteiger partial charge in [0.15, 0.2) is 0 Å². The highest BCUT2D eigenvalue weighted by Crippen LogP contribution is 2.28. The summed E-state index contributed by atoms with van der Waals surface area (Å²) in [5, 5.41) is 11.0. The molecule has 1 aliphatic rings. The third kappa shape index (κ3) is 3.08. The molecule has 3 nitrogen and oxygen atoms in total. The highest BCUT2D eigenvalue weighted by molar-refractivity contribution is 5.83. The van der Waals surface area contributed by atoms with Gasteiger partial charge in [-0.05, 0) is 58.0 Å². The van der Waals surface area contributed by atoms with Gasteiger partial charge in [0.1, 0.15) is 5.75 Å². The number of nitrogens with zero attached hydrogens (tertiary/aromatic N) is 2. The molecule has 3 rings (SSSR count). The van der Waals surface area contributed by atoms with Crippen molar-refractivity contribution < 1.29 is 5.11 Å². The van der Waals surface area contributed by atoms with Crippen molar-refractivity contribution in [3.05, 3.63) is 30.0 Å². The SMILES string of the molecule is CC(C)n1c(CN2CCCCCC2)cc2ccc(O)cc21. The molecule has 1 aromatic heterocycles. The quantitative estimate of drug-likeness (QED) is 0.911. The molecule has 1 aromatic carbocycles. The highest BCUT2D eigenvalue weighted by Gasteiger charge is 2.16. The number of hydrogen-bond acceptors (Lipinski definition) is 2. The lowest BCUT2D eigenvalue weighted by atomic mass is 10.2. The normalized spacial score (nSPS) is 17.5. The fraction of sp³-hybridized carbons (Fsp3) is 0.556. The van der Waals surface area contributed by atoms with E-state index in [1.54, 1.807) is 6.07 Å². The third-order valence-electron chi connectivity index (χ3n) is 4.51. The molecule has 3 heteroatoms. The molecule has 0 amide bonds. The summed E-state index contributed by atoms with van der Waals surface area (Å²) in [7, 11) is 0. The molecule has 0 atom stereocenters. The molecule has 1 saturated heterocycles. The minimum Gasteiger partial charge on any atom is -0.508 e. The Kier molecular flexibility index (Phi) is 4.20. The zero-order chi connectivity index (χ0) is 14.8. The topological polar surface area (TPSA) is 28.4 Å². The molecule has 21 heavy (non-hydrogen) atoms. The fourth-order valence-electron chi connectivity index (χ4n) is 3.52. The molecule has 1 fully saturated rings. The lowest BCUT2D eigenvalue weighted by Gasteiger charge is -2.22. The maximum Gasteiger partial charge on any atom is 0.117 e. The van der Waals surface area contributed by atoms with Crippen molar-refractivity contribution in [2.45, 2.75) is 52.1 Å². The van der Waals surface area contributed by atoms with Crippen LogP contribution in [0.25, 0.3) is 10.9 Å². The molecule has 2 aromatic rings. The minimum atomic E-state index is 0.351. The molecular weight excluding hydrogens is 260 g/mol. The molecule has 0 unspecified atom stereocenters. The molecule has 0 radical (unpaired) electrons. The van der Waals surface area contributed by atoms with Crippen LogP contribution in [0.2, 0.25) is 0 Å². The Bertz CT molecular complexity index is 607. The molecule has 1 aliphatic heterocycles. The van der Waals surface area contributed by atoms with Crippen LogP contribution in [0.1, 0.15) is 51.3 Å². The van der Waals surface area contributed by atoms with E-state index in [2.05, 4.69) is 29.4 Å². The van der Waals surface area contributed by atoms with Crippen LogP contribution in [0, 0.1) is 0 Å². The Labute approximate surface area is 127 Å². The van der Waals surface area contributed by atoms with Gasteiger partial charge < -0.3 is 9.67 Å². The summed E-state index contributed by atoms with van der Waals surface area (Å²) < 4.78 is 2.37. The number of aromatic hydroxyl groups is 1. The van der Waals surface area contributed by atoms with E-state index < -0.39 is 0 Å². The second-order valence-electron chi connectivity index (χ2n) is 6.53. The van der Waals surface area contributed by atoms with Gasteiger partial charge in [-0.1, -0.05) is 12.8 Å². The second kappa shape index (κ2) is 6.10. The van der Waals surface area contributed by atoms with Gasteiger partial charge in [0.2, 0.25) is 0 Å².